The topological polar surface area (TPSA) is 76.4 Å². The van der Waals surface area contributed by atoms with Crippen LogP contribution in [0.3, 0.4) is 0 Å². The minimum atomic E-state index is -0.863. The first-order valence-electron chi connectivity index (χ1n) is 7.34. The second kappa shape index (κ2) is 5.77. The van der Waals surface area contributed by atoms with Crippen LogP contribution in [0.2, 0.25) is 0 Å². The number of aryl methyl sites for hydroxylation is 1. The van der Waals surface area contributed by atoms with Gasteiger partial charge in [-0.15, -0.1) is 0 Å². The fourth-order valence-corrected chi connectivity index (χ4v) is 2.48. The molecule has 0 saturated carbocycles. The molecule has 1 saturated heterocycles. The van der Waals surface area contributed by atoms with E-state index in [0.717, 1.165) is 5.69 Å². The quantitative estimate of drug-likeness (QED) is 0.872. The Balaban J connectivity index is 2.07. The summed E-state index contributed by atoms with van der Waals surface area (Å²) in [7, 11) is 1.80. The third kappa shape index (κ3) is 3.83. The highest BCUT2D eigenvalue weighted by molar-refractivity contribution is 5.95. The van der Waals surface area contributed by atoms with Gasteiger partial charge in [-0.3, -0.25) is 9.48 Å². The van der Waals surface area contributed by atoms with Crippen molar-refractivity contribution in [1.82, 2.24) is 15.1 Å². The van der Waals surface area contributed by atoms with Crippen LogP contribution >= 0.6 is 0 Å². The molecule has 2 heterocycles. The van der Waals surface area contributed by atoms with E-state index in [1.54, 1.807) is 17.9 Å². The van der Waals surface area contributed by atoms with Crippen LogP contribution < -0.4 is 5.32 Å². The molecule has 118 valence electrons. The second-order valence-corrected chi connectivity index (χ2v) is 6.83. The number of ether oxygens (including phenoxy) is 1. The van der Waals surface area contributed by atoms with Crippen molar-refractivity contribution < 1.29 is 14.6 Å². The molecular formula is C15H25N3O3. The third-order valence-electron chi connectivity index (χ3n) is 3.79. The Morgan fingerprint density at radius 2 is 2.10 bits per heavy atom. The molecule has 0 aromatic carbocycles. The Hall–Kier alpha value is -1.40. The summed E-state index contributed by atoms with van der Waals surface area (Å²) in [4.78, 5) is 12.4. The van der Waals surface area contributed by atoms with Gasteiger partial charge in [-0.25, -0.2) is 0 Å². The summed E-state index contributed by atoms with van der Waals surface area (Å²) in [6, 6.07) is 0. The molecule has 0 aliphatic carbocycles. The predicted octanol–water partition coefficient (Wildman–Crippen LogP) is 0.989. The van der Waals surface area contributed by atoms with Crippen LogP contribution in [0, 0.1) is 0 Å². The Bertz CT molecular complexity index is 511. The molecule has 0 atom stereocenters. The van der Waals surface area contributed by atoms with Gasteiger partial charge < -0.3 is 15.2 Å². The molecule has 21 heavy (non-hydrogen) atoms. The van der Waals surface area contributed by atoms with E-state index >= 15 is 0 Å². The Morgan fingerprint density at radius 3 is 2.67 bits per heavy atom. The van der Waals surface area contributed by atoms with E-state index in [0.29, 0.717) is 31.6 Å². The van der Waals surface area contributed by atoms with Gasteiger partial charge in [-0.1, -0.05) is 20.8 Å². The third-order valence-corrected chi connectivity index (χ3v) is 3.79. The summed E-state index contributed by atoms with van der Waals surface area (Å²) in [5, 5.41) is 17.6. The van der Waals surface area contributed by atoms with E-state index in [1.165, 1.54) is 0 Å². The number of hydrogen-bond donors (Lipinski definition) is 2. The number of carbonyl (C=O) groups excluding carboxylic acids is 1. The number of amides is 1. The molecule has 0 radical (unpaired) electrons. The average molecular weight is 295 g/mol. The fourth-order valence-electron chi connectivity index (χ4n) is 2.48. The van der Waals surface area contributed by atoms with E-state index < -0.39 is 5.60 Å². The van der Waals surface area contributed by atoms with Crippen molar-refractivity contribution in [3.63, 3.8) is 0 Å². The highest BCUT2D eigenvalue weighted by atomic mass is 16.5. The van der Waals surface area contributed by atoms with Gasteiger partial charge >= 0.3 is 0 Å². The predicted molar refractivity (Wildman–Crippen MR) is 79.2 cm³/mol. The van der Waals surface area contributed by atoms with Gasteiger partial charge in [0.15, 0.2) is 0 Å². The van der Waals surface area contributed by atoms with E-state index in [-0.39, 0.29) is 17.9 Å². The zero-order valence-corrected chi connectivity index (χ0v) is 13.3. The minimum Gasteiger partial charge on any atom is -0.388 e. The number of nitrogens with one attached hydrogen (secondary N) is 1. The molecule has 6 nitrogen and oxygen atoms in total. The van der Waals surface area contributed by atoms with Gasteiger partial charge in [0.25, 0.3) is 5.91 Å². The smallest absolute Gasteiger partial charge is 0.254 e. The maximum atomic E-state index is 12.4. The lowest BCUT2D eigenvalue weighted by Crippen LogP contribution is -2.46. The average Bonchev–Trinajstić information content (AvgIpc) is 2.79. The first-order chi connectivity index (χ1) is 9.71. The van der Waals surface area contributed by atoms with Crippen molar-refractivity contribution in [1.29, 1.82) is 0 Å². The van der Waals surface area contributed by atoms with Gasteiger partial charge in [0.1, 0.15) is 0 Å². The Morgan fingerprint density at radius 1 is 1.48 bits per heavy atom. The largest absolute Gasteiger partial charge is 0.388 e. The van der Waals surface area contributed by atoms with E-state index in [2.05, 4.69) is 10.4 Å². The highest BCUT2D eigenvalue weighted by Crippen LogP contribution is 2.24. The summed E-state index contributed by atoms with van der Waals surface area (Å²) < 4.78 is 6.89. The molecule has 1 aliphatic heterocycles. The second-order valence-electron chi connectivity index (χ2n) is 6.83. The van der Waals surface area contributed by atoms with E-state index in [9.17, 15) is 9.90 Å². The first-order valence-corrected chi connectivity index (χ1v) is 7.34. The van der Waals surface area contributed by atoms with Crippen LogP contribution in [0.1, 0.15) is 49.7 Å². The molecule has 2 rings (SSSR count). The lowest BCUT2D eigenvalue weighted by Gasteiger charge is -2.32. The fraction of sp³-hybridized carbons (Fsp3) is 0.733. The molecule has 0 bridgehead atoms. The zero-order valence-electron chi connectivity index (χ0n) is 13.3. The number of nitrogens with zero attached hydrogens (tertiary/aromatic N) is 2. The zero-order chi connectivity index (χ0) is 15.7. The van der Waals surface area contributed by atoms with Crippen molar-refractivity contribution in [2.45, 2.75) is 44.6 Å². The lowest BCUT2D eigenvalue weighted by atomic mass is 9.89. The van der Waals surface area contributed by atoms with Crippen molar-refractivity contribution in [3.05, 3.63) is 17.5 Å². The van der Waals surface area contributed by atoms with Gasteiger partial charge in [0.05, 0.1) is 16.9 Å². The number of aromatic nitrogens is 2. The lowest BCUT2D eigenvalue weighted by molar-refractivity contribution is -0.0605. The van der Waals surface area contributed by atoms with Crippen LogP contribution in [0.5, 0.6) is 0 Å². The van der Waals surface area contributed by atoms with Crippen LogP contribution in [0.15, 0.2) is 6.20 Å². The van der Waals surface area contributed by atoms with E-state index in [1.807, 2.05) is 20.8 Å². The van der Waals surface area contributed by atoms with E-state index in [4.69, 9.17) is 4.74 Å². The molecule has 6 heteroatoms. The number of hydrogen-bond acceptors (Lipinski definition) is 4. The SMILES string of the molecule is Cn1cc(C(=O)NCC2(O)CCOCC2)c(C(C)(C)C)n1. The number of aliphatic hydroxyl groups is 1. The molecule has 0 unspecified atom stereocenters. The molecule has 0 spiro atoms. The Labute approximate surface area is 125 Å². The number of rotatable bonds is 3. The van der Waals surface area contributed by atoms with Crippen molar-refractivity contribution in [3.8, 4) is 0 Å². The summed E-state index contributed by atoms with van der Waals surface area (Å²) in [6.07, 6.45) is 2.82. The van der Waals surface area contributed by atoms with Gasteiger partial charge in [0.2, 0.25) is 0 Å². The van der Waals surface area contributed by atoms with Crippen LogP contribution in [-0.4, -0.2) is 46.2 Å². The minimum absolute atomic E-state index is 0.187. The van der Waals surface area contributed by atoms with Crippen molar-refractivity contribution >= 4 is 5.91 Å². The maximum absolute atomic E-state index is 12.4. The van der Waals surface area contributed by atoms with Gasteiger partial charge in [0, 0.05) is 51.3 Å². The molecule has 1 amide bonds. The van der Waals surface area contributed by atoms with Crippen molar-refractivity contribution in [2.75, 3.05) is 19.8 Å². The molecule has 1 aromatic heterocycles. The Kier molecular flexibility index (Phi) is 4.39. The maximum Gasteiger partial charge on any atom is 0.254 e. The van der Waals surface area contributed by atoms with Crippen molar-refractivity contribution in [2.24, 2.45) is 7.05 Å². The molecule has 1 aromatic rings. The summed E-state index contributed by atoms with van der Waals surface area (Å²) in [5.41, 5.74) is 0.267. The van der Waals surface area contributed by atoms with Crippen LogP contribution in [-0.2, 0) is 17.2 Å². The summed E-state index contributed by atoms with van der Waals surface area (Å²) in [5.74, 6) is -0.187. The molecular weight excluding hydrogens is 270 g/mol. The van der Waals surface area contributed by atoms with Gasteiger partial charge in [-0.05, 0) is 0 Å². The molecule has 1 aliphatic rings. The number of carbonyl (C=O) groups is 1. The normalized spacial score (nSPS) is 18.5. The summed E-state index contributed by atoms with van der Waals surface area (Å²) in [6.45, 7) is 7.39. The molecule has 1 fully saturated rings. The molecule has 2 N–H and O–H groups in total. The monoisotopic (exact) mass is 295 g/mol. The standard InChI is InChI=1S/C15H25N3O3/c1-14(2,3)12-11(9-18(4)17-12)13(19)16-10-15(20)5-7-21-8-6-15/h9,20H,5-8,10H2,1-4H3,(H,16,19). The van der Waals surface area contributed by atoms with Gasteiger partial charge in [-0.2, -0.15) is 5.10 Å². The van der Waals surface area contributed by atoms with Crippen LogP contribution in [0.25, 0.3) is 0 Å². The van der Waals surface area contributed by atoms with Crippen LogP contribution in [0.4, 0.5) is 0 Å². The summed E-state index contributed by atoms with van der Waals surface area (Å²) >= 11 is 0. The first kappa shape index (κ1) is 16.0. The highest BCUT2D eigenvalue weighted by Gasteiger charge is 2.31.